The van der Waals surface area contributed by atoms with E-state index >= 15 is 0 Å². The second-order valence-electron chi connectivity index (χ2n) is 7.34. The summed E-state index contributed by atoms with van der Waals surface area (Å²) in [5.41, 5.74) is 5.88. The van der Waals surface area contributed by atoms with Crippen LogP contribution in [0.15, 0.2) is 12.1 Å². The number of rotatable bonds is 6. The second-order valence-corrected chi connectivity index (χ2v) is 7.34. The summed E-state index contributed by atoms with van der Waals surface area (Å²) in [6.45, 7) is 11.0. The quantitative estimate of drug-likeness (QED) is 0.729. The van der Waals surface area contributed by atoms with Crippen LogP contribution in [0.5, 0.6) is 0 Å². The predicted molar refractivity (Wildman–Crippen MR) is 108 cm³/mol. The summed E-state index contributed by atoms with van der Waals surface area (Å²) in [6, 6.07) is 3.93. The fourth-order valence-corrected chi connectivity index (χ4v) is 4.01. The Kier molecular flexibility index (Phi) is 5.85. The summed E-state index contributed by atoms with van der Waals surface area (Å²) in [5, 5.41) is 7.09. The number of carbonyl (C=O) groups is 2. The highest BCUT2D eigenvalue weighted by molar-refractivity contribution is 5.90. The Hall–Kier alpha value is -2.34. The number of carbonyl (C=O) groups excluding carboxylic acids is 2. The highest BCUT2D eigenvalue weighted by atomic mass is 16.2. The average molecular weight is 370 g/mol. The Morgan fingerprint density at radius 3 is 2.78 bits per heavy atom. The SMILES string of the molecule is CCc1[nH]c2c(CNC(=O)C[C@H]3C(=O)NCCN3CC)cc(C)cc2c1C. The molecule has 2 heterocycles. The van der Waals surface area contributed by atoms with E-state index in [9.17, 15) is 9.59 Å². The van der Waals surface area contributed by atoms with E-state index in [1.165, 1.54) is 22.2 Å². The van der Waals surface area contributed by atoms with Gasteiger partial charge in [0.25, 0.3) is 0 Å². The Balaban J connectivity index is 1.72. The van der Waals surface area contributed by atoms with E-state index in [0.29, 0.717) is 13.1 Å². The van der Waals surface area contributed by atoms with Crippen molar-refractivity contribution in [2.24, 2.45) is 0 Å². The topological polar surface area (TPSA) is 77.2 Å². The van der Waals surface area contributed by atoms with Crippen LogP contribution < -0.4 is 10.6 Å². The number of H-pyrrole nitrogens is 1. The number of amides is 2. The first-order chi connectivity index (χ1) is 12.9. The lowest BCUT2D eigenvalue weighted by Gasteiger charge is -2.33. The zero-order valence-corrected chi connectivity index (χ0v) is 16.7. The smallest absolute Gasteiger partial charge is 0.237 e. The number of benzene rings is 1. The van der Waals surface area contributed by atoms with Crippen molar-refractivity contribution in [2.45, 2.75) is 53.1 Å². The van der Waals surface area contributed by atoms with Gasteiger partial charge in [0, 0.05) is 30.7 Å². The van der Waals surface area contributed by atoms with E-state index < -0.39 is 0 Å². The summed E-state index contributed by atoms with van der Waals surface area (Å²) in [5.74, 6) is -0.145. The van der Waals surface area contributed by atoms with Crippen LogP contribution in [0, 0.1) is 13.8 Å². The third-order valence-electron chi connectivity index (χ3n) is 5.55. The number of aromatic amines is 1. The average Bonchev–Trinajstić information content (AvgIpc) is 2.97. The molecule has 1 atom stereocenters. The molecule has 0 saturated carbocycles. The van der Waals surface area contributed by atoms with E-state index in [2.05, 4.69) is 53.4 Å². The van der Waals surface area contributed by atoms with E-state index in [-0.39, 0.29) is 24.3 Å². The number of nitrogens with one attached hydrogen (secondary N) is 3. The molecule has 146 valence electrons. The predicted octanol–water partition coefficient (Wildman–Crippen LogP) is 2.17. The lowest BCUT2D eigenvalue weighted by molar-refractivity contribution is -0.133. The van der Waals surface area contributed by atoms with Crippen LogP contribution in [0.3, 0.4) is 0 Å². The normalized spacial score (nSPS) is 17.9. The molecule has 1 aromatic heterocycles. The number of piperazine rings is 1. The molecular formula is C21H30N4O2. The Labute approximate surface area is 160 Å². The minimum Gasteiger partial charge on any atom is -0.358 e. The van der Waals surface area contributed by atoms with Crippen LogP contribution in [0.2, 0.25) is 0 Å². The van der Waals surface area contributed by atoms with E-state index in [0.717, 1.165) is 30.6 Å². The van der Waals surface area contributed by atoms with Gasteiger partial charge in [0.05, 0.1) is 18.0 Å². The van der Waals surface area contributed by atoms with Gasteiger partial charge in [0.1, 0.15) is 0 Å². The van der Waals surface area contributed by atoms with Crippen LogP contribution in [0.1, 0.15) is 42.7 Å². The van der Waals surface area contributed by atoms with Crippen LogP contribution >= 0.6 is 0 Å². The lowest BCUT2D eigenvalue weighted by Crippen LogP contribution is -2.56. The van der Waals surface area contributed by atoms with Crippen LogP contribution in [-0.2, 0) is 22.6 Å². The van der Waals surface area contributed by atoms with Gasteiger partial charge in [-0.15, -0.1) is 0 Å². The van der Waals surface area contributed by atoms with Gasteiger partial charge in [-0.2, -0.15) is 0 Å². The van der Waals surface area contributed by atoms with Gasteiger partial charge in [0.15, 0.2) is 0 Å². The van der Waals surface area contributed by atoms with Gasteiger partial charge in [-0.05, 0) is 44.0 Å². The van der Waals surface area contributed by atoms with Crippen LogP contribution in [-0.4, -0.2) is 47.4 Å². The minimum absolute atomic E-state index is 0.0521. The monoisotopic (exact) mass is 370 g/mol. The van der Waals surface area contributed by atoms with E-state index in [4.69, 9.17) is 0 Å². The van der Waals surface area contributed by atoms with E-state index in [1.54, 1.807) is 0 Å². The molecule has 2 aromatic rings. The minimum atomic E-state index is -0.374. The Morgan fingerprint density at radius 1 is 1.30 bits per heavy atom. The number of fused-ring (bicyclic) bond motifs is 1. The van der Waals surface area contributed by atoms with Crippen molar-refractivity contribution in [1.82, 2.24) is 20.5 Å². The second kappa shape index (κ2) is 8.13. The summed E-state index contributed by atoms with van der Waals surface area (Å²) in [6.07, 6.45) is 1.15. The fraction of sp³-hybridized carbons (Fsp3) is 0.524. The van der Waals surface area contributed by atoms with Crippen molar-refractivity contribution in [1.29, 1.82) is 0 Å². The van der Waals surface area contributed by atoms with Gasteiger partial charge in [-0.3, -0.25) is 14.5 Å². The van der Waals surface area contributed by atoms with Gasteiger partial charge in [0.2, 0.25) is 11.8 Å². The molecule has 3 rings (SSSR count). The van der Waals surface area contributed by atoms with Crippen LogP contribution in [0.4, 0.5) is 0 Å². The molecule has 0 spiro atoms. The molecule has 0 bridgehead atoms. The molecule has 0 aliphatic carbocycles. The maximum Gasteiger partial charge on any atom is 0.237 e. The molecule has 0 unspecified atom stereocenters. The molecule has 2 amide bonds. The standard InChI is InChI=1S/C21H30N4O2/c1-5-17-14(4)16-10-13(3)9-15(20(16)24-17)12-23-19(26)11-18-21(27)22-7-8-25(18)6-2/h9-10,18,24H,5-8,11-12H2,1-4H3,(H,22,27)(H,23,26)/t18-/m0/s1. The highest BCUT2D eigenvalue weighted by Gasteiger charge is 2.30. The fourth-order valence-electron chi connectivity index (χ4n) is 4.01. The molecule has 1 saturated heterocycles. The summed E-state index contributed by atoms with van der Waals surface area (Å²) in [7, 11) is 0. The van der Waals surface area contributed by atoms with Crippen molar-refractivity contribution in [3.63, 3.8) is 0 Å². The zero-order valence-electron chi connectivity index (χ0n) is 16.7. The van der Waals surface area contributed by atoms with Crippen molar-refractivity contribution in [2.75, 3.05) is 19.6 Å². The Morgan fingerprint density at radius 2 is 2.07 bits per heavy atom. The third-order valence-corrected chi connectivity index (χ3v) is 5.55. The molecule has 1 aliphatic rings. The summed E-state index contributed by atoms with van der Waals surface area (Å²) in [4.78, 5) is 30.2. The lowest BCUT2D eigenvalue weighted by atomic mass is 10.0. The summed E-state index contributed by atoms with van der Waals surface area (Å²) < 4.78 is 0. The van der Waals surface area contributed by atoms with E-state index in [1.807, 2.05) is 6.92 Å². The highest BCUT2D eigenvalue weighted by Crippen LogP contribution is 2.26. The molecule has 1 fully saturated rings. The number of likely N-dealkylation sites (N-methyl/N-ethyl adjacent to an activating group) is 1. The maximum absolute atomic E-state index is 12.5. The van der Waals surface area contributed by atoms with Crippen molar-refractivity contribution in [3.8, 4) is 0 Å². The first-order valence-electron chi connectivity index (χ1n) is 9.83. The zero-order chi connectivity index (χ0) is 19.6. The molecule has 6 nitrogen and oxygen atoms in total. The first kappa shape index (κ1) is 19.4. The number of hydrogen-bond donors (Lipinski definition) is 3. The number of hydrogen-bond acceptors (Lipinski definition) is 3. The number of aromatic nitrogens is 1. The van der Waals surface area contributed by atoms with Gasteiger partial charge >= 0.3 is 0 Å². The van der Waals surface area contributed by atoms with Gasteiger partial charge in [-0.25, -0.2) is 0 Å². The molecule has 27 heavy (non-hydrogen) atoms. The molecule has 3 N–H and O–H groups in total. The number of nitrogens with zero attached hydrogens (tertiary/aromatic N) is 1. The maximum atomic E-state index is 12.5. The number of aryl methyl sites for hydroxylation is 3. The van der Waals surface area contributed by atoms with Crippen molar-refractivity contribution < 1.29 is 9.59 Å². The molecule has 1 aliphatic heterocycles. The largest absolute Gasteiger partial charge is 0.358 e. The summed E-state index contributed by atoms with van der Waals surface area (Å²) >= 11 is 0. The first-order valence-corrected chi connectivity index (χ1v) is 9.83. The molecule has 0 radical (unpaired) electrons. The van der Waals surface area contributed by atoms with Crippen molar-refractivity contribution >= 4 is 22.7 Å². The van der Waals surface area contributed by atoms with Gasteiger partial charge in [-0.1, -0.05) is 25.5 Å². The van der Waals surface area contributed by atoms with Gasteiger partial charge < -0.3 is 15.6 Å². The molecule has 6 heteroatoms. The Bertz CT molecular complexity index is 855. The molecule has 1 aromatic carbocycles. The van der Waals surface area contributed by atoms with Crippen molar-refractivity contribution in [3.05, 3.63) is 34.5 Å². The van der Waals surface area contributed by atoms with Crippen LogP contribution in [0.25, 0.3) is 10.9 Å². The molecular weight excluding hydrogens is 340 g/mol. The third kappa shape index (κ3) is 4.00.